The van der Waals surface area contributed by atoms with Gasteiger partial charge in [-0.25, -0.2) is 9.59 Å². The summed E-state index contributed by atoms with van der Waals surface area (Å²) in [4.78, 5) is 44.0. The molecule has 2 aliphatic carbocycles. The summed E-state index contributed by atoms with van der Waals surface area (Å²) in [6.07, 6.45) is 29.6. The molecule has 0 aromatic heterocycles. The molecular formula is C34H62O8. The van der Waals surface area contributed by atoms with Crippen molar-refractivity contribution in [3.63, 3.8) is 0 Å². The van der Waals surface area contributed by atoms with Crippen molar-refractivity contribution in [3.05, 3.63) is 0 Å². The third-order valence-electron chi connectivity index (χ3n) is 8.92. The molecule has 0 aromatic rings. The van der Waals surface area contributed by atoms with Gasteiger partial charge in [0.15, 0.2) is 0 Å². The highest BCUT2D eigenvalue weighted by Gasteiger charge is 2.30. The number of carbonyl (C=O) groups excluding carboxylic acids is 2. The Morgan fingerprint density at radius 2 is 0.690 bits per heavy atom. The zero-order chi connectivity index (χ0) is 30.5. The van der Waals surface area contributed by atoms with Gasteiger partial charge >= 0.3 is 11.9 Å². The fourth-order valence-corrected chi connectivity index (χ4v) is 6.71. The Morgan fingerprint density at radius 1 is 0.452 bits per heavy atom. The second kappa shape index (κ2) is 21.5. The molecule has 0 spiro atoms. The van der Waals surface area contributed by atoms with Gasteiger partial charge in [0.2, 0.25) is 0 Å². The Morgan fingerprint density at radius 3 is 0.952 bits per heavy atom. The van der Waals surface area contributed by atoms with E-state index in [0.29, 0.717) is 11.8 Å². The summed E-state index contributed by atoms with van der Waals surface area (Å²) < 4.78 is 0. The van der Waals surface area contributed by atoms with Gasteiger partial charge in [0.05, 0.1) is 0 Å². The van der Waals surface area contributed by atoms with Gasteiger partial charge in [0, 0.05) is 0 Å². The Labute approximate surface area is 255 Å². The average molecular weight is 599 g/mol. The maximum Gasteiger partial charge on any atom is 0.456 e. The van der Waals surface area contributed by atoms with Crippen LogP contribution in [0, 0.1) is 11.8 Å². The van der Waals surface area contributed by atoms with Crippen LogP contribution in [0.1, 0.15) is 182 Å². The third kappa shape index (κ3) is 18.4. The SMILES string of the molecule is CC(C)(CC1CCCCCCCCCCC1)OOOC(=O)C(=O)OOOC(C)(C)CC1CCCCCCCCCCC1. The fourth-order valence-electron chi connectivity index (χ4n) is 6.71. The third-order valence-corrected chi connectivity index (χ3v) is 8.92. The van der Waals surface area contributed by atoms with Crippen LogP contribution in [0.15, 0.2) is 0 Å². The van der Waals surface area contributed by atoms with Crippen molar-refractivity contribution >= 4 is 11.9 Å². The van der Waals surface area contributed by atoms with Crippen molar-refractivity contribution in [2.45, 2.75) is 193 Å². The van der Waals surface area contributed by atoms with Crippen molar-refractivity contribution in [1.82, 2.24) is 0 Å². The van der Waals surface area contributed by atoms with Crippen LogP contribution in [0.2, 0.25) is 0 Å². The van der Waals surface area contributed by atoms with Crippen LogP contribution >= 0.6 is 0 Å². The lowest BCUT2D eigenvalue weighted by molar-refractivity contribution is -0.526. The second-order valence-electron chi connectivity index (χ2n) is 14.2. The highest BCUT2D eigenvalue weighted by atomic mass is 17.5. The normalized spacial score (nSPS) is 20.8. The monoisotopic (exact) mass is 598 g/mol. The van der Waals surface area contributed by atoms with Gasteiger partial charge in [0.25, 0.3) is 0 Å². The van der Waals surface area contributed by atoms with E-state index in [9.17, 15) is 9.59 Å². The predicted molar refractivity (Wildman–Crippen MR) is 162 cm³/mol. The standard InChI is InChI=1S/C34H62O8/c1-33(2,27-29-23-19-15-11-7-5-8-12-16-20-24-29)39-41-37-31(35)32(36)38-42-40-34(3,4)28-30-25-21-17-13-9-6-10-14-18-22-26-30/h29-30H,5-28H2,1-4H3. The lowest BCUT2D eigenvalue weighted by Crippen LogP contribution is -2.31. The summed E-state index contributed by atoms with van der Waals surface area (Å²) in [5.74, 6) is -1.72. The molecule has 0 saturated heterocycles. The van der Waals surface area contributed by atoms with Gasteiger partial charge in [0.1, 0.15) is 11.2 Å². The zero-order valence-corrected chi connectivity index (χ0v) is 27.4. The van der Waals surface area contributed by atoms with E-state index in [-0.39, 0.29) is 0 Å². The quantitative estimate of drug-likeness (QED) is 0.139. The summed E-state index contributed by atoms with van der Waals surface area (Å²) >= 11 is 0. The van der Waals surface area contributed by atoms with Gasteiger partial charge in [-0.3, -0.25) is 9.78 Å². The van der Waals surface area contributed by atoms with E-state index in [2.05, 4.69) is 9.78 Å². The highest BCUT2D eigenvalue weighted by Crippen LogP contribution is 2.31. The van der Waals surface area contributed by atoms with Crippen molar-refractivity contribution in [1.29, 1.82) is 0 Å². The molecule has 42 heavy (non-hydrogen) atoms. The topological polar surface area (TPSA) is 89.5 Å². The molecule has 2 saturated carbocycles. The summed E-state index contributed by atoms with van der Waals surface area (Å²) in [6, 6.07) is 0. The van der Waals surface area contributed by atoms with E-state index >= 15 is 0 Å². The molecule has 2 aliphatic rings. The first kappa shape index (κ1) is 37.0. The minimum absolute atomic E-state index is 0.517. The first-order chi connectivity index (χ1) is 20.2. The summed E-state index contributed by atoms with van der Waals surface area (Å²) in [7, 11) is 0. The zero-order valence-electron chi connectivity index (χ0n) is 27.4. The van der Waals surface area contributed by atoms with Crippen LogP contribution in [-0.2, 0) is 39.2 Å². The number of rotatable bonds is 10. The summed E-state index contributed by atoms with van der Waals surface area (Å²) in [5, 5.41) is 9.44. The molecule has 0 atom stereocenters. The largest absolute Gasteiger partial charge is 0.456 e. The average Bonchev–Trinajstić information content (AvgIpc) is 2.91. The molecule has 8 heteroatoms. The van der Waals surface area contributed by atoms with E-state index in [0.717, 1.165) is 38.5 Å². The van der Waals surface area contributed by atoms with E-state index in [1.807, 2.05) is 27.7 Å². The van der Waals surface area contributed by atoms with E-state index in [1.54, 1.807) is 0 Å². The van der Waals surface area contributed by atoms with Crippen LogP contribution in [0.5, 0.6) is 0 Å². The molecule has 0 aromatic carbocycles. The Bertz CT molecular complexity index is 638. The Hall–Kier alpha value is -1.22. The molecule has 0 aliphatic heterocycles. The van der Waals surface area contributed by atoms with E-state index in [4.69, 9.17) is 19.9 Å². The molecule has 0 heterocycles. The number of hydrogen-bond acceptors (Lipinski definition) is 8. The summed E-state index contributed by atoms with van der Waals surface area (Å²) in [5.41, 5.74) is -1.36. The van der Waals surface area contributed by atoms with Crippen molar-refractivity contribution < 1.29 is 39.2 Å². The minimum Gasteiger partial charge on any atom is -0.255 e. The van der Waals surface area contributed by atoms with Gasteiger partial charge in [-0.15, -0.1) is 0 Å². The molecule has 2 rings (SSSR count). The first-order valence-corrected chi connectivity index (χ1v) is 17.3. The molecular weight excluding hydrogens is 536 g/mol. The molecule has 2 fully saturated rings. The summed E-state index contributed by atoms with van der Waals surface area (Å²) in [6.45, 7) is 7.60. The van der Waals surface area contributed by atoms with Crippen molar-refractivity contribution in [3.8, 4) is 0 Å². The lowest BCUT2D eigenvalue weighted by atomic mass is 9.85. The Kier molecular flexibility index (Phi) is 18.9. The highest BCUT2D eigenvalue weighted by molar-refractivity contribution is 6.29. The van der Waals surface area contributed by atoms with Gasteiger partial charge in [-0.1, -0.05) is 141 Å². The van der Waals surface area contributed by atoms with E-state index in [1.165, 1.54) is 116 Å². The molecule has 0 unspecified atom stereocenters. The molecule has 246 valence electrons. The maximum absolute atomic E-state index is 12.1. The van der Waals surface area contributed by atoms with Gasteiger partial charge in [-0.05, 0) is 62.4 Å². The maximum atomic E-state index is 12.1. The fraction of sp³-hybridized carbons (Fsp3) is 0.941. The van der Waals surface area contributed by atoms with Crippen LogP contribution in [-0.4, -0.2) is 23.1 Å². The van der Waals surface area contributed by atoms with Crippen LogP contribution in [0.4, 0.5) is 0 Å². The van der Waals surface area contributed by atoms with Crippen molar-refractivity contribution in [2.75, 3.05) is 0 Å². The molecule has 0 N–H and O–H groups in total. The van der Waals surface area contributed by atoms with E-state index < -0.39 is 23.1 Å². The Balaban J connectivity index is 1.67. The van der Waals surface area contributed by atoms with Crippen LogP contribution < -0.4 is 0 Å². The smallest absolute Gasteiger partial charge is 0.255 e. The second-order valence-corrected chi connectivity index (χ2v) is 14.2. The predicted octanol–water partition coefficient (Wildman–Crippen LogP) is 9.98. The van der Waals surface area contributed by atoms with Gasteiger partial charge < -0.3 is 0 Å². The first-order valence-electron chi connectivity index (χ1n) is 17.3. The lowest BCUT2D eigenvalue weighted by Gasteiger charge is -2.28. The molecule has 0 bridgehead atoms. The van der Waals surface area contributed by atoms with Crippen molar-refractivity contribution in [2.24, 2.45) is 11.8 Å². The molecule has 0 radical (unpaired) electrons. The minimum atomic E-state index is -1.38. The van der Waals surface area contributed by atoms with Gasteiger partial charge in [-0.2, -0.15) is 9.78 Å². The number of hydrogen-bond donors (Lipinski definition) is 0. The van der Waals surface area contributed by atoms with Crippen LogP contribution in [0.25, 0.3) is 0 Å². The van der Waals surface area contributed by atoms with Crippen LogP contribution in [0.3, 0.4) is 0 Å². The number of carbonyl (C=O) groups is 2. The molecule has 0 amide bonds. The molecule has 8 nitrogen and oxygen atoms in total.